The van der Waals surface area contributed by atoms with E-state index in [1.807, 2.05) is 31.3 Å². The number of aryl methyl sites for hydroxylation is 1. The maximum atomic E-state index is 12.5. The van der Waals surface area contributed by atoms with Gasteiger partial charge in [-0.05, 0) is 31.2 Å². The molecule has 2 aromatic heterocycles. The van der Waals surface area contributed by atoms with Crippen molar-refractivity contribution in [2.45, 2.75) is 6.92 Å². The largest absolute Gasteiger partial charge is 0.497 e. The number of methoxy groups -OCH3 is 1. The zero-order chi connectivity index (χ0) is 14.7. The molecule has 0 saturated carbocycles. The normalized spacial score (nSPS) is 11.8. The lowest BCUT2D eigenvalue weighted by Gasteiger charge is -2.05. The molecule has 0 saturated heterocycles. The molecule has 0 atom stereocenters. The molecule has 0 aliphatic carbocycles. The summed E-state index contributed by atoms with van der Waals surface area (Å²) in [7, 11) is 1.62. The summed E-state index contributed by atoms with van der Waals surface area (Å²) in [6.07, 6.45) is 1.92. The summed E-state index contributed by atoms with van der Waals surface area (Å²) < 4.78 is 8.48. The number of rotatable bonds is 1. The lowest BCUT2D eigenvalue weighted by atomic mass is 10.1. The van der Waals surface area contributed by atoms with E-state index >= 15 is 0 Å². The second-order valence-electron chi connectivity index (χ2n) is 5.24. The Morgan fingerprint density at radius 1 is 1.10 bits per heavy atom. The zero-order valence-corrected chi connectivity index (χ0v) is 13.2. The highest BCUT2D eigenvalue weighted by molar-refractivity contribution is 9.10. The fraction of sp³-hybridized carbons (Fsp3) is 0.118. The SMILES string of the molecule is COc1cc2c(=O)c(C)cn3c4cc(Br)ccc4c(c1)c23. The minimum absolute atomic E-state index is 0.0632. The molecule has 4 rings (SSSR count). The van der Waals surface area contributed by atoms with E-state index in [1.165, 1.54) is 0 Å². The van der Waals surface area contributed by atoms with Gasteiger partial charge in [-0.2, -0.15) is 0 Å². The Bertz CT molecular complexity index is 1070. The summed E-state index contributed by atoms with van der Waals surface area (Å²) in [4.78, 5) is 12.5. The molecule has 104 valence electrons. The molecule has 21 heavy (non-hydrogen) atoms. The molecule has 0 aliphatic rings. The van der Waals surface area contributed by atoms with Crippen molar-refractivity contribution in [2.75, 3.05) is 7.11 Å². The molecule has 3 nitrogen and oxygen atoms in total. The van der Waals surface area contributed by atoms with Crippen molar-refractivity contribution in [3.8, 4) is 5.75 Å². The van der Waals surface area contributed by atoms with E-state index in [9.17, 15) is 4.79 Å². The van der Waals surface area contributed by atoms with Crippen LogP contribution < -0.4 is 10.2 Å². The van der Waals surface area contributed by atoms with Gasteiger partial charge in [0.15, 0.2) is 5.43 Å². The van der Waals surface area contributed by atoms with Gasteiger partial charge in [0.05, 0.1) is 23.5 Å². The van der Waals surface area contributed by atoms with E-state index in [0.717, 1.165) is 31.8 Å². The fourth-order valence-corrected chi connectivity index (χ4v) is 3.36. The van der Waals surface area contributed by atoms with Crippen molar-refractivity contribution in [3.63, 3.8) is 0 Å². The van der Waals surface area contributed by atoms with E-state index in [1.54, 1.807) is 7.11 Å². The Morgan fingerprint density at radius 3 is 2.62 bits per heavy atom. The molecule has 0 N–H and O–H groups in total. The first-order chi connectivity index (χ1) is 10.1. The molecule has 4 heteroatoms. The molecule has 0 radical (unpaired) electrons. The fourth-order valence-electron chi connectivity index (χ4n) is 3.01. The summed E-state index contributed by atoms with van der Waals surface area (Å²) in [6.45, 7) is 1.85. The Labute approximate surface area is 129 Å². The third-order valence-corrected chi connectivity index (χ3v) is 4.49. The smallest absolute Gasteiger partial charge is 0.192 e. The summed E-state index contributed by atoms with van der Waals surface area (Å²) in [5.41, 5.74) is 2.84. The molecular weight excluding hydrogens is 330 g/mol. The van der Waals surface area contributed by atoms with Crippen molar-refractivity contribution >= 4 is 43.1 Å². The molecule has 2 heterocycles. The van der Waals surface area contributed by atoms with Crippen molar-refractivity contribution in [2.24, 2.45) is 0 Å². The van der Waals surface area contributed by atoms with E-state index in [0.29, 0.717) is 11.1 Å². The van der Waals surface area contributed by atoms with Crippen LogP contribution in [0.1, 0.15) is 5.56 Å². The van der Waals surface area contributed by atoms with Crippen LogP contribution in [-0.4, -0.2) is 11.5 Å². The quantitative estimate of drug-likeness (QED) is 0.521. The van der Waals surface area contributed by atoms with Gasteiger partial charge in [-0.25, -0.2) is 0 Å². The van der Waals surface area contributed by atoms with Crippen LogP contribution in [0.2, 0.25) is 0 Å². The zero-order valence-electron chi connectivity index (χ0n) is 11.6. The molecule has 2 aromatic carbocycles. The number of hydrogen-bond donors (Lipinski definition) is 0. The number of benzene rings is 2. The first-order valence-electron chi connectivity index (χ1n) is 6.64. The third kappa shape index (κ3) is 1.62. The maximum absolute atomic E-state index is 12.5. The predicted molar refractivity (Wildman–Crippen MR) is 88.9 cm³/mol. The summed E-state index contributed by atoms with van der Waals surface area (Å²) in [6, 6.07) is 9.98. The van der Waals surface area contributed by atoms with Gasteiger partial charge in [0.2, 0.25) is 0 Å². The van der Waals surface area contributed by atoms with E-state index in [2.05, 4.69) is 32.5 Å². The molecule has 0 aliphatic heterocycles. The Kier molecular flexibility index (Phi) is 2.54. The average Bonchev–Trinajstić information content (AvgIpc) is 2.78. The molecule has 0 bridgehead atoms. The van der Waals surface area contributed by atoms with Crippen LogP contribution in [0, 0.1) is 6.92 Å². The van der Waals surface area contributed by atoms with E-state index in [4.69, 9.17) is 4.74 Å². The topological polar surface area (TPSA) is 30.7 Å². The molecule has 0 unspecified atom stereocenters. The number of aromatic nitrogens is 1. The molecule has 0 fully saturated rings. The lowest BCUT2D eigenvalue weighted by molar-refractivity contribution is 0.416. The highest BCUT2D eigenvalue weighted by Crippen LogP contribution is 2.35. The standard InChI is InChI=1S/C17H12BrNO2/c1-9-8-19-15-5-10(18)3-4-12(15)13-6-11(21-2)7-14(16(13)19)17(9)20/h3-8H,1-2H3. The Morgan fingerprint density at radius 2 is 1.86 bits per heavy atom. The van der Waals surface area contributed by atoms with Crippen LogP contribution in [0.25, 0.3) is 27.2 Å². The van der Waals surface area contributed by atoms with Crippen LogP contribution >= 0.6 is 15.9 Å². The van der Waals surface area contributed by atoms with E-state index in [-0.39, 0.29) is 5.43 Å². The number of nitrogens with zero attached hydrogens (tertiary/aromatic N) is 1. The monoisotopic (exact) mass is 341 g/mol. The van der Waals surface area contributed by atoms with E-state index < -0.39 is 0 Å². The van der Waals surface area contributed by atoms with Crippen molar-refractivity contribution < 1.29 is 4.74 Å². The highest BCUT2D eigenvalue weighted by Gasteiger charge is 2.16. The van der Waals surface area contributed by atoms with Crippen LogP contribution in [-0.2, 0) is 0 Å². The summed E-state index contributed by atoms with van der Waals surface area (Å²) in [5, 5.41) is 2.87. The van der Waals surface area contributed by atoms with Crippen molar-refractivity contribution in [3.05, 3.63) is 56.8 Å². The number of halogens is 1. The van der Waals surface area contributed by atoms with Crippen molar-refractivity contribution in [1.82, 2.24) is 4.40 Å². The number of hydrogen-bond acceptors (Lipinski definition) is 2. The highest BCUT2D eigenvalue weighted by atomic mass is 79.9. The van der Waals surface area contributed by atoms with Gasteiger partial charge >= 0.3 is 0 Å². The van der Waals surface area contributed by atoms with Gasteiger partial charge in [0, 0.05) is 27.0 Å². The maximum Gasteiger partial charge on any atom is 0.192 e. The summed E-state index contributed by atoms with van der Waals surface area (Å²) in [5.74, 6) is 0.711. The van der Waals surface area contributed by atoms with Crippen LogP contribution in [0.5, 0.6) is 5.75 Å². The van der Waals surface area contributed by atoms with Gasteiger partial charge in [-0.1, -0.05) is 22.0 Å². The minimum Gasteiger partial charge on any atom is -0.497 e. The molecule has 0 spiro atoms. The van der Waals surface area contributed by atoms with Gasteiger partial charge in [0.25, 0.3) is 0 Å². The van der Waals surface area contributed by atoms with Gasteiger partial charge in [0.1, 0.15) is 5.75 Å². The van der Waals surface area contributed by atoms with Crippen LogP contribution in [0.3, 0.4) is 0 Å². The number of ether oxygens (including phenoxy) is 1. The minimum atomic E-state index is 0.0632. The van der Waals surface area contributed by atoms with Gasteiger partial charge in [-0.15, -0.1) is 0 Å². The average molecular weight is 342 g/mol. The number of pyridine rings is 1. The second kappa shape index (κ2) is 4.21. The van der Waals surface area contributed by atoms with Gasteiger partial charge in [-0.3, -0.25) is 4.79 Å². The first kappa shape index (κ1) is 12.7. The van der Waals surface area contributed by atoms with Crippen LogP contribution in [0.4, 0.5) is 0 Å². The summed E-state index contributed by atoms with van der Waals surface area (Å²) >= 11 is 3.52. The number of fused-ring (bicyclic) bond motifs is 3. The Hall–Kier alpha value is -2.07. The lowest BCUT2D eigenvalue weighted by Crippen LogP contribution is -2.08. The second-order valence-corrected chi connectivity index (χ2v) is 6.16. The molecule has 0 amide bonds. The Balaban J connectivity index is 2.41. The third-order valence-electron chi connectivity index (χ3n) is 4.00. The predicted octanol–water partition coefficient (Wildman–Crippen LogP) is 4.12. The van der Waals surface area contributed by atoms with Crippen molar-refractivity contribution in [1.29, 1.82) is 0 Å². The van der Waals surface area contributed by atoms with Gasteiger partial charge < -0.3 is 9.14 Å². The molecule has 4 aromatic rings. The molecular formula is C17H12BrNO2. The first-order valence-corrected chi connectivity index (χ1v) is 7.44. The van der Waals surface area contributed by atoms with Crippen LogP contribution in [0.15, 0.2) is 45.8 Å².